The summed E-state index contributed by atoms with van der Waals surface area (Å²) in [6.07, 6.45) is 7.00. The molecule has 2 heterocycles. The van der Waals surface area contributed by atoms with Crippen LogP contribution in [0.5, 0.6) is 0 Å². The molecule has 1 aliphatic heterocycles. The first kappa shape index (κ1) is 12.4. The summed E-state index contributed by atoms with van der Waals surface area (Å²) in [5.41, 5.74) is 0.345. The van der Waals surface area contributed by atoms with E-state index in [0.717, 1.165) is 38.6 Å². The van der Waals surface area contributed by atoms with Crippen LogP contribution in [0, 0.1) is 5.92 Å². The van der Waals surface area contributed by atoms with Gasteiger partial charge in [0, 0.05) is 31.0 Å². The molecule has 1 saturated heterocycles. The van der Waals surface area contributed by atoms with Crippen molar-refractivity contribution in [1.82, 2.24) is 10.1 Å². The topological polar surface area (TPSA) is 63.4 Å². The van der Waals surface area contributed by atoms with Gasteiger partial charge in [-0.05, 0) is 32.1 Å². The van der Waals surface area contributed by atoms with Gasteiger partial charge in [-0.25, -0.2) is 0 Å². The fourth-order valence-electron chi connectivity index (χ4n) is 3.35. The number of aromatic nitrogens is 1. The number of hydrogen-bond donors (Lipinski definition) is 0. The van der Waals surface area contributed by atoms with Gasteiger partial charge in [0.2, 0.25) is 0 Å². The highest BCUT2D eigenvalue weighted by Crippen LogP contribution is 2.33. The van der Waals surface area contributed by atoms with Gasteiger partial charge in [-0.15, -0.1) is 0 Å². The van der Waals surface area contributed by atoms with Crippen LogP contribution < -0.4 is 0 Å². The molecule has 5 nitrogen and oxygen atoms in total. The summed E-state index contributed by atoms with van der Waals surface area (Å²) in [6.45, 7) is 0.722. The zero-order valence-corrected chi connectivity index (χ0v) is 10.9. The Morgan fingerprint density at radius 1 is 1.32 bits per heavy atom. The van der Waals surface area contributed by atoms with Crippen LogP contribution in [0.2, 0.25) is 0 Å². The van der Waals surface area contributed by atoms with E-state index in [4.69, 9.17) is 4.52 Å². The van der Waals surface area contributed by atoms with E-state index >= 15 is 0 Å². The van der Waals surface area contributed by atoms with Gasteiger partial charge < -0.3 is 9.42 Å². The van der Waals surface area contributed by atoms with Crippen molar-refractivity contribution >= 4 is 11.7 Å². The van der Waals surface area contributed by atoms with Crippen molar-refractivity contribution in [3.8, 4) is 0 Å². The van der Waals surface area contributed by atoms with Crippen LogP contribution in [-0.4, -0.2) is 34.3 Å². The van der Waals surface area contributed by atoms with Crippen LogP contribution in [0.15, 0.2) is 16.9 Å². The lowest BCUT2D eigenvalue weighted by atomic mass is 9.88. The van der Waals surface area contributed by atoms with Crippen molar-refractivity contribution < 1.29 is 14.1 Å². The van der Waals surface area contributed by atoms with Gasteiger partial charge in [0.25, 0.3) is 5.91 Å². The van der Waals surface area contributed by atoms with Crippen molar-refractivity contribution in [3.05, 3.63) is 18.0 Å². The Kier molecular flexibility index (Phi) is 3.36. The second-order valence-corrected chi connectivity index (χ2v) is 5.41. The summed E-state index contributed by atoms with van der Waals surface area (Å²) in [5, 5.41) is 3.72. The summed E-state index contributed by atoms with van der Waals surface area (Å²) in [7, 11) is 0. The fourth-order valence-corrected chi connectivity index (χ4v) is 3.35. The number of hydrogen-bond acceptors (Lipinski definition) is 4. The molecule has 19 heavy (non-hydrogen) atoms. The molecule has 2 unspecified atom stereocenters. The minimum Gasteiger partial charge on any atom is -0.364 e. The molecule has 0 N–H and O–H groups in total. The van der Waals surface area contributed by atoms with E-state index in [-0.39, 0.29) is 17.9 Å². The Labute approximate surface area is 111 Å². The van der Waals surface area contributed by atoms with Gasteiger partial charge >= 0.3 is 0 Å². The summed E-state index contributed by atoms with van der Waals surface area (Å²) < 4.78 is 4.74. The van der Waals surface area contributed by atoms with Gasteiger partial charge in [0.05, 0.1) is 0 Å². The number of nitrogens with zero attached hydrogens (tertiary/aromatic N) is 2. The van der Waals surface area contributed by atoms with Crippen LogP contribution in [-0.2, 0) is 4.79 Å². The van der Waals surface area contributed by atoms with Gasteiger partial charge in [-0.3, -0.25) is 9.59 Å². The molecule has 2 atom stereocenters. The highest BCUT2D eigenvalue weighted by Gasteiger charge is 2.39. The third-order valence-electron chi connectivity index (χ3n) is 4.28. The highest BCUT2D eigenvalue weighted by molar-refractivity contribution is 5.93. The number of amides is 1. The van der Waals surface area contributed by atoms with Crippen LogP contribution >= 0.6 is 0 Å². The minimum absolute atomic E-state index is 0.0381. The molecule has 0 bridgehead atoms. The van der Waals surface area contributed by atoms with Crippen molar-refractivity contribution in [2.45, 2.75) is 44.6 Å². The molecular formula is C14H18N2O3. The molecular weight excluding hydrogens is 244 g/mol. The molecule has 1 saturated carbocycles. The molecule has 2 aliphatic rings. The molecule has 1 amide bonds. The van der Waals surface area contributed by atoms with Gasteiger partial charge in [0.1, 0.15) is 12.0 Å². The summed E-state index contributed by atoms with van der Waals surface area (Å²) in [4.78, 5) is 26.2. The molecule has 0 radical (unpaired) electrons. The van der Waals surface area contributed by atoms with E-state index in [1.165, 1.54) is 6.26 Å². The highest BCUT2D eigenvalue weighted by atomic mass is 16.5. The lowest BCUT2D eigenvalue weighted by Crippen LogP contribution is -2.48. The lowest BCUT2D eigenvalue weighted by molar-refractivity contribution is -0.122. The van der Waals surface area contributed by atoms with Crippen molar-refractivity contribution in [3.63, 3.8) is 0 Å². The van der Waals surface area contributed by atoms with E-state index in [1.807, 2.05) is 4.90 Å². The maximum Gasteiger partial charge on any atom is 0.276 e. The summed E-state index contributed by atoms with van der Waals surface area (Å²) >= 11 is 0. The minimum atomic E-state index is -0.0989. The number of rotatable bonds is 2. The predicted molar refractivity (Wildman–Crippen MR) is 67.5 cm³/mol. The van der Waals surface area contributed by atoms with E-state index in [1.54, 1.807) is 6.07 Å². The SMILES string of the molecule is O=C1CCCC1C1CCCCN1C(=O)c1ccon1. The average Bonchev–Trinajstić information content (AvgIpc) is 3.09. The molecule has 0 spiro atoms. The molecule has 2 fully saturated rings. The van der Waals surface area contributed by atoms with Crippen molar-refractivity contribution in [2.75, 3.05) is 6.54 Å². The van der Waals surface area contributed by atoms with Crippen LogP contribution in [0.4, 0.5) is 0 Å². The smallest absolute Gasteiger partial charge is 0.276 e. The second kappa shape index (κ2) is 5.15. The molecule has 1 aliphatic carbocycles. The number of carbonyl (C=O) groups excluding carboxylic acids is 2. The maximum atomic E-state index is 12.4. The second-order valence-electron chi connectivity index (χ2n) is 5.41. The first-order chi connectivity index (χ1) is 9.27. The van der Waals surface area contributed by atoms with Gasteiger partial charge in [-0.2, -0.15) is 0 Å². The average molecular weight is 262 g/mol. The Morgan fingerprint density at radius 3 is 2.89 bits per heavy atom. The molecule has 102 valence electrons. The zero-order chi connectivity index (χ0) is 13.2. The summed E-state index contributed by atoms with van der Waals surface area (Å²) in [5.74, 6) is 0.263. The van der Waals surface area contributed by atoms with E-state index in [0.29, 0.717) is 17.9 Å². The monoisotopic (exact) mass is 262 g/mol. The Hall–Kier alpha value is -1.65. The number of piperidine rings is 1. The normalized spacial score (nSPS) is 27.8. The summed E-state index contributed by atoms with van der Waals surface area (Å²) in [6, 6.07) is 1.65. The van der Waals surface area contributed by atoms with Gasteiger partial charge in [0.15, 0.2) is 5.69 Å². The standard InChI is InChI=1S/C14H18N2O3/c17-13-6-3-4-10(13)12-5-1-2-8-16(12)14(18)11-7-9-19-15-11/h7,9-10,12H,1-6,8H2. The molecule has 1 aromatic heterocycles. The van der Waals surface area contributed by atoms with Crippen LogP contribution in [0.3, 0.4) is 0 Å². The van der Waals surface area contributed by atoms with Crippen molar-refractivity contribution in [2.24, 2.45) is 5.92 Å². The van der Waals surface area contributed by atoms with Crippen molar-refractivity contribution in [1.29, 1.82) is 0 Å². The quantitative estimate of drug-likeness (QED) is 0.818. The third-order valence-corrected chi connectivity index (χ3v) is 4.28. The van der Waals surface area contributed by atoms with Crippen LogP contribution in [0.1, 0.15) is 49.0 Å². The number of ketones is 1. The first-order valence-corrected chi connectivity index (χ1v) is 7.01. The largest absolute Gasteiger partial charge is 0.364 e. The first-order valence-electron chi connectivity index (χ1n) is 7.01. The molecule has 3 rings (SSSR count). The lowest BCUT2D eigenvalue weighted by Gasteiger charge is -2.38. The van der Waals surface area contributed by atoms with Crippen LogP contribution in [0.25, 0.3) is 0 Å². The molecule has 5 heteroatoms. The Balaban J connectivity index is 1.81. The number of carbonyl (C=O) groups is 2. The van der Waals surface area contributed by atoms with E-state index in [2.05, 4.69) is 5.16 Å². The molecule has 1 aromatic rings. The predicted octanol–water partition coefficient (Wildman–Crippen LogP) is 2.04. The molecule has 0 aromatic carbocycles. The zero-order valence-electron chi connectivity index (χ0n) is 10.9. The van der Waals surface area contributed by atoms with E-state index in [9.17, 15) is 9.59 Å². The Morgan fingerprint density at radius 2 is 2.21 bits per heavy atom. The Bertz CT molecular complexity index is 469. The van der Waals surface area contributed by atoms with E-state index < -0.39 is 0 Å². The number of likely N-dealkylation sites (tertiary alicyclic amines) is 1. The third kappa shape index (κ3) is 2.29. The number of Topliss-reactive ketones (excluding diaryl/α,β-unsaturated/α-hetero) is 1. The fraction of sp³-hybridized carbons (Fsp3) is 0.643. The maximum absolute atomic E-state index is 12.4. The van der Waals surface area contributed by atoms with Gasteiger partial charge in [-0.1, -0.05) is 5.16 Å².